The van der Waals surface area contributed by atoms with Crippen molar-refractivity contribution in [3.8, 4) is 17.4 Å². The summed E-state index contributed by atoms with van der Waals surface area (Å²) in [6.07, 6.45) is 4.59. The molecule has 2 aromatic carbocycles. The third kappa shape index (κ3) is 3.68. The Labute approximate surface area is 171 Å². The average Bonchev–Trinajstić information content (AvgIpc) is 3.02. The van der Waals surface area contributed by atoms with Crippen LogP contribution in [0.4, 0.5) is 4.39 Å². The first kappa shape index (κ1) is 19.8. The summed E-state index contributed by atoms with van der Waals surface area (Å²) in [7, 11) is 0. The number of benzene rings is 2. The summed E-state index contributed by atoms with van der Waals surface area (Å²) in [6, 6.07) is 9.50. The standard InChI is InChI=1S/C22H20FN3O4/c23-15-7-9-16(10-8-15)26-21(29)17-11-6-14(12-18(17)22(26)30)20(28)25-24-19(27)13-4-2-1-3-5-13/h6-13,29-30H,1-5H2. The minimum atomic E-state index is -0.713. The predicted octanol–water partition coefficient (Wildman–Crippen LogP) is 4.88. The molecular weight excluding hydrogens is 389 g/mol. The minimum absolute atomic E-state index is 0.120. The fourth-order valence-corrected chi connectivity index (χ4v) is 3.82. The van der Waals surface area contributed by atoms with Gasteiger partial charge in [-0.3, -0.25) is 14.2 Å². The third-order valence-corrected chi connectivity index (χ3v) is 5.45. The van der Waals surface area contributed by atoms with Crippen molar-refractivity contribution >= 4 is 22.6 Å². The summed E-state index contributed by atoms with van der Waals surface area (Å²) in [4.78, 5) is 24.5. The number of carbonyl (C=O) groups is 2. The first-order valence-corrected chi connectivity index (χ1v) is 9.78. The highest BCUT2D eigenvalue weighted by molar-refractivity contribution is 6.02. The second-order valence-electron chi connectivity index (χ2n) is 7.40. The van der Waals surface area contributed by atoms with Crippen LogP contribution >= 0.6 is 0 Å². The number of amides is 2. The quantitative estimate of drug-likeness (QED) is 0.602. The van der Waals surface area contributed by atoms with Crippen molar-refractivity contribution in [1.29, 1.82) is 0 Å². The molecule has 1 saturated carbocycles. The lowest BCUT2D eigenvalue weighted by Crippen LogP contribution is -2.15. The van der Waals surface area contributed by atoms with Crippen molar-refractivity contribution in [3.05, 3.63) is 53.8 Å². The van der Waals surface area contributed by atoms with E-state index in [1.807, 2.05) is 0 Å². The number of rotatable bonds is 3. The molecule has 1 aliphatic rings. The second-order valence-corrected chi connectivity index (χ2v) is 7.40. The maximum Gasteiger partial charge on any atom is 0.295 e. The van der Waals surface area contributed by atoms with Crippen molar-refractivity contribution < 1.29 is 24.2 Å². The molecule has 154 valence electrons. The molecule has 8 heteroatoms. The van der Waals surface area contributed by atoms with E-state index in [-0.39, 0.29) is 34.5 Å². The zero-order valence-electron chi connectivity index (χ0n) is 16.1. The molecule has 7 nitrogen and oxygen atoms in total. The van der Waals surface area contributed by atoms with Crippen LogP contribution in [0.15, 0.2) is 52.7 Å². The van der Waals surface area contributed by atoms with Gasteiger partial charge in [-0.05, 0) is 55.3 Å². The van der Waals surface area contributed by atoms with Gasteiger partial charge in [0.15, 0.2) is 0 Å². The second kappa shape index (κ2) is 8.06. The van der Waals surface area contributed by atoms with Gasteiger partial charge in [-0.2, -0.15) is 0 Å². The monoisotopic (exact) mass is 409 g/mol. The number of hydrogen-bond acceptors (Lipinski definition) is 4. The molecule has 1 heterocycles. The summed E-state index contributed by atoms with van der Waals surface area (Å²) in [5, 5.41) is 28.7. The zero-order chi connectivity index (χ0) is 21.3. The minimum Gasteiger partial charge on any atom is -0.494 e. The average molecular weight is 409 g/mol. The Bertz CT molecular complexity index is 1150. The molecule has 3 aromatic rings. The van der Waals surface area contributed by atoms with Crippen LogP contribution < -0.4 is 0 Å². The lowest BCUT2D eigenvalue weighted by Gasteiger charge is -2.17. The molecule has 4 rings (SSSR count). The Hall–Kier alpha value is -3.55. The Balaban J connectivity index is 1.62. The lowest BCUT2D eigenvalue weighted by molar-refractivity contribution is -0.123. The van der Waals surface area contributed by atoms with Crippen molar-refractivity contribution in [3.63, 3.8) is 0 Å². The lowest BCUT2D eigenvalue weighted by atomic mass is 9.89. The number of aromatic nitrogens is 1. The van der Waals surface area contributed by atoms with E-state index < -0.39 is 11.7 Å². The predicted molar refractivity (Wildman–Crippen MR) is 107 cm³/mol. The Kier molecular flexibility index (Phi) is 5.31. The molecule has 0 bridgehead atoms. The molecule has 0 atom stereocenters. The van der Waals surface area contributed by atoms with E-state index in [4.69, 9.17) is 0 Å². The van der Waals surface area contributed by atoms with Gasteiger partial charge in [0, 0.05) is 22.3 Å². The Morgan fingerprint density at radius 2 is 1.57 bits per heavy atom. The van der Waals surface area contributed by atoms with Crippen LogP contribution in [0.25, 0.3) is 16.5 Å². The van der Waals surface area contributed by atoms with Crippen molar-refractivity contribution in [2.24, 2.45) is 16.1 Å². The molecule has 0 spiro atoms. The molecule has 2 amide bonds. The molecule has 30 heavy (non-hydrogen) atoms. The molecule has 0 unspecified atom stereocenters. The van der Waals surface area contributed by atoms with Crippen LogP contribution in [0.5, 0.6) is 11.8 Å². The van der Waals surface area contributed by atoms with E-state index in [1.165, 1.54) is 42.5 Å². The number of fused-ring (bicyclic) bond motifs is 1. The van der Waals surface area contributed by atoms with Crippen LogP contribution in [-0.2, 0) is 4.79 Å². The van der Waals surface area contributed by atoms with Gasteiger partial charge in [0.05, 0.1) is 5.69 Å². The molecule has 0 saturated heterocycles. The summed E-state index contributed by atoms with van der Waals surface area (Å²) in [5.41, 5.74) is 0.475. The van der Waals surface area contributed by atoms with Crippen LogP contribution in [0.3, 0.4) is 0 Å². The fourth-order valence-electron chi connectivity index (χ4n) is 3.82. The molecule has 2 N–H and O–H groups in total. The maximum atomic E-state index is 13.2. The molecule has 0 radical (unpaired) electrons. The van der Waals surface area contributed by atoms with Gasteiger partial charge in [0.1, 0.15) is 5.82 Å². The Morgan fingerprint density at radius 3 is 2.27 bits per heavy atom. The highest BCUT2D eigenvalue weighted by atomic mass is 19.1. The van der Waals surface area contributed by atoms with Gasteiger partial charge >= 0.3 is 0 Å². The highest BCUT2D eigenvalue weighted by Gasteiger charge is 2.22. The fraction of sp³-hybridized carbons (Fsp3) is 0.273. The summed E-state index contributed by atoms with van der Waals surface area (Å²) in [6.45, 7) is 0. The van der Waals surface area contributed by atoms with Crippen LogP contribution in [-0.4, -0.2) is 26.6 Å². The number of carbonyl (C=O) groups excluding carboxylic acids is 2. The number of hydrogen-bond donors (Lipinski definition) is 2. The molecule has 1 aromatic heterocycles. The van der Waals surface area contributed by atoms with Gasteiger partial charge < -0.3 is 10.2 Å². The number of azo groups is 1. The number of nitrogens with zero attached hydrogens (tertiary/aromatic N) is 3. The Morgan fingerprint density at radius 1 is 0.900 bits per heavy atom. The van der Waals surface area contributed by atoms with Crippen molar-refractivity contribution in [1.82, 2.24) is 4.57 Å². The summed E-state index contributed by atoms with van der Waals surface area (Å²) >= 11 is 0. The van der Waals surface area contributed by atoms with Gasteiger partial charge in [-0.15, -0.1) is 10.2 Å². The maximum absolute atomic E-state index is 13.2. The van der Waals surface area contributed by atoms with Crippen LogP contribution in [0.1, 0.15) is 42.5 Å². The molecule has 1 aliphatic carbocycles. The zero-order valence-corrected chi connectivity index (χ0v) is 16.1. The van der Waals surface area contributed by atoms with Gasteiger partial charge in [-0.25, -0.2) is 4.39 Å². The topological polar surface area (TPSA) is 104 Å². The van der Waals surface area contributed by atoms with E-state index in [2.05, 4.69) is 10.2 Å². The van der Waals surface area contributed by atoms with E-state index in [0.717, 1.165) is 36.7 Å². The number of aromatic hydroxyl groups is 2. The van der Waals surface area contributed by atoms with Crippen LogP contribution in [0.2, 0.25) is 0 Å². The van der Waals surface area contributed by atoms with Gasteiger partial charge in [-0.1, -0.05) is 19.3 Å². The molecular formula is C22H20FN3O4. The first-order valence-electron chi connectivity index (χ1n) is 9.78. The first-order chi connectivity index (χ1) is 14.5. The SMILES string of the molecule is O=C(N=NC(=O)C1CCCCC1)c1ccc2c(O)n(-c3ccc(F)cc3)c(O)c2c1. The molecule has 0 aliphatic heterocycles. The number of halogens is 1. The van der Waals surface area contributed by atoms with E-state index >= 15 is 0 Å². The molecule has 1 fully saturated rings. The van der Waals surface area contributed by atoms with Crippen LogP contribution in [0, 0.1) is 11.7 Å². The largest absolute Gasteiger partial charge is 0.494 e. The van der Waals surface area contributed by atoms with Gasteiger partial charge in [0.25, 0.3) is 11.8 Å². The normalized spacial score (nSPS) is 15.1. The highest BCUT2D eigenvalue weighted by Crippen LogP contribution is 2.39. The summed E-state index contributed by atoms with van der Waals surface area (Å²) < 4.78 is 14.3. The third-order valence-electron chi connectivity index (χ3n) is 5.45. The smallest absolute Gasteiger partial charge is 0.295 e. The summed E-state index contributed by atoms with van der Waals surface area (Å²) in [5.74, 6) is -2.28. The van der Waals surface area contributed by atoms with Crippen molar-refractivity contribution in [2.75, 3.05) is 0 Å². The van der Waals surface area contributed by atoms with E-state index in [1.54, 1.807) is 0 Å². The van der Waals surface area contributed by atoms with Crippen molar-refractivity contribution in [2.45, 2.75) is 32.1 Å². The van der Waals surface area contributed by atoms with E-state index in [9.17, 15) is 24.2 Å². The van der Waals surface area contributed by atoms with E-state index in [0.29, 0.717) is 11.1 Å². The van der Waals surface area contributed by atoms with Gasteiger partial charge in [0.2, 0.25) is 11.8 Å².